The highest BCUT2D eigenvalue weighted by Crippen LogP contribution is 2.22. The van der Waals surface area contributed by atoms with E-state index in [4.69, 9.17) is 0 Å². The average molecular weight is 270 g/mol. The lowest BCUT2D eigenvalue weighted by atomic mass is 10.5. The predicted octanol–water partition coefficient (Wildman–Crippen LogP) is 2.91. The van der Waals surface area contributed by atoms with Gasteiger partial charge in [-0.15, -0.1) is 11.3 Å². The molecule has 0 atom stereocenters. The zero-order valence-corrected chi connectivity index (χ0v) is 9.68. The minimum Gasteiger partial charge on any atom is -0.349 e. The van der Waals surface area contributed by atoms with Gasteiger partial charge in [0, 0.05) is 21.7 Å². The topological polar surface area (TPSA) is 37.8 Å². The summed E-state index contributed by atoms with van der Waals surface area (Å²) in [6, 6.07) is 3.83. The van der Waals surface area contributed by atoms with Crippen LogP contribution >= 0.6 is 27.3 Å². The zero-order valence-electron chi connectivity index (χ0n) is 7.27. The molecule has 0 bridgehead atoms. The van der Waals surface area contributed by atoms with Crippen LogP contribution in [-0.4, -0.2) is 9.97 Å². The summed E-state index contributed by atoms with van der Waals surface area (Å²) in [5.74, 6) is 0.660. The van der Waals surface area contributed by atoms with Crippen molar-refractivity contribution >= 4 is 33.2 Å². The van der Waals surface area contributed by atoms with Gasteiger partial charge in [-0.2, -0.15) is 0 Å². The summed E-state index contributed by atoms with van der Waals surface area (Å²) in [4.78, 5) is 9.40. The van der Waals surface area contributed by atoms with E-state index < -0.39 is 0 Å². The van der Waals surface area contributed by atoms with Crippen molar-refractivity contribution in [3.8, 4) is 0 Å². The fourth-order valence-corrected chi connectivity index (χ4v) is 2.43. The van der Waals surface area contributed by atoms with Crippen LogP contribution in [0, 0.1) is 0 Å². The molecule has 72 valence electrons. The van der Waals surface area contributed by atoms with Crippen molar-refractivity contribution in [3.05, 3.63) is 39.3 Å². The maximum atomic E-state index is 4.07. The van der Waals surface area contributed by atoms with E-state index in [1.54, 1.807) is 29.8 Å². The smallest absolute Gasteiger partial charge is 0.222 e. The van der Waals surface area contributed by atoms with Gasteiger partial charge in [0.1, 0.15) is 0 Å². The molecule has 0 aliphatic rings. The first kappa shape index (κ1) is 9.61. The molecule has 5 heteroatoms. The molecule has 2 rings (SSSR count). The van der Waals surface area contributed by atoms with E-state index in [0.29, 0.717) is 5.95 Å². The Morgan fingerprint density at radius 3 is 2.79 bits per heavy atom. The summed E-state index contributed by atoms with van der Waals surface area (Å²) in [6.07, 6.45) is 3.44. The third-order valence-corrected chi connectivity index (χ3v) is 3.59. The van der Waals surface area contributed by atoms with Gasteiger partial charge in [-0.05, 0) is 33.4 Å². The molecule has 0 unspecified atom stereocenters. The molecule has 1 N–H and O–H groups in total. The highest BCUT2D eigenvalue weighted by Gasteiger charge is 2.01. The Morgan fingerprint density at radius 2 is 2.14 bits per heavy atom. The molecule has 2 heterocycles. The van der Waals surface area contributed by atoms with Gasteiger partial charge in [-0.25, -0.2) is 9.97 Å². The highest BCUT2D eigenvalue weighted by molar-refractivity contribution is 9.10. The van der Waals surface area contributed by atoms with E-state index in [2.05, 4.69) is 31.2 Å². The van der Waals surface area contributed by atoms with E-state index in [9.17, 15) is 0 Å². The van der Waals surface area contributed by atoms with Crippen molar-refractivity contribution in [1.82, 2.24) is 9.97 Å². The van der Waals surface area contributed by atoms with Gasteiger partial charge < -0.3 is 5.32 Å². The Morgan fingerprint density at radius 1 is 1.36 bits per heavy atom. The van der Waals surface area contributed by atoms with E-state index >= 15 is 0 Å². The molecule has 0 amide bonds. The van der Waals surface area contributed by atoms with Crippen LogP contribution in [0.1, 0.15) is 4.88 Å². The molecule has 0 radical (unpaired) electrons. The van der Waals surface area contributed by atoms with Crippen LogP contribution in [0.15, 0.2) is 34.4 Å². The van der Waals surface area contributed by atoms with Crippen molar-refractivity contribution in [2.75, 3.05) is 5.32 Å². The van der Waals surface area contributed by atoms with E-state index in [-0.39, 0.29) is 0 Å². The first-order chi connectivity index (χ1) is 6.86. The second-order valence-electron chi connectivity index (χ2n) is 2.62. The maximum Gasteiger partial charge on any atom is 0.222 e. The van der Waals surface area contributed by atoms with Crippen LogP contribution in [-0.2, 0) is 6.54 Å². The number of anilines is 1. The number of hydrogen-bond acceptors (Lipinski definition) is 4. The molecule has 0 aromatic carbocycles. The number of nitrogens with one attached hydrogen (secondary N) is 1. The van der Waals surface area contributed by atoms with Crippen LogP contribution in [0.3, 0.4) is 0 Å². The third-order valence-electron chi connectivity index (χ3n) is 1.66. The Bertz CT molecular complexity index is 401. The largest absolute Gasteiger partial charge is 0.349 e. The zero-order chi connectivity index (χ0) is 9.80. The van der Waals surface area contributed by atoms with Crippen molar-refractivity contribution in [3.63, 3.8) is 0 Å². The first-order valence-corrected chi connectivity index (χ1v) is 5.76. The van der Waals surface area contributed by atoms with Crippen LogP contribution in [0.5, 0.6) is 0 Å². The third kappa shape index (κ3) is 2.30. The standard InChI is InChI=1S/C9H8BrN3S/c10-7-2-5-14-8(7)6-13-9-11-3-1-4-12-9/h1-5H,6H2,(H,11,12,13). The first-order valence-electron chi connectivity index (χ1n) is 4.09. The minimum absolute atomic E-state index is 0.660. The number of halogens is 1. The molecule has 3 nitrogen and oxygen atoms in total. The normalized spacial score (nSPS) is 10.1. The maximum absolute atomic E-state index is 4.07. The van der Waals surface area contributed by atoms with E-state index in [1.807, 2.05) is 11.4 Å². The fraction of sp³-hybridized carbons (Fsp3) is 0.111. The number of thiophene rings is 1. The quantitative estimate of drug-likeness (QED) is 0.931. The van der Waals surface area contributed by atoms with Gasteiger partial charge in [0.2, 0.25) is 5.95 Å². The van der Waals surface area contributed by atoms with Crippen LogP contribution in [0.25, 0.3) is 0 Å². The molecule has 2 aromatic heterocycles. The predicted molar refractivity (Wildman–Crippen MR) is 61.4 cm³/mol. The molecule has 0 aliphatic carbocycles. The molecular formula is C9H8BrN3S. The van der Waals surface area contributed by atoms with Gasteiger partial charge in [0.15, 0.2) is 0 Å². The van der Waals surface area contributed by atoms with Crippen LogP contribution in [0.2, 0.25) is 0 Å². The monoisotopic (exact) mass is 269 g/mol. The molecule has 0 spiro atoms. The Labute approximate surface area is 94.4 Å². The molecular weight excluding hydrogens is 262 g/mol. The summed E-state index contributed by atoms with van der Waals surface area (Å²) < 4.78 is 1.13. The van der Waals surface area contributed by atoms with Gasteiger partial charge in [0.25, 0.3) is 0 Å². The Kier molecular flexibility index (Phi) is 3.10. The van der Waals surface area contributed by atoms with Crippen molar-refractivity contribution < 1.29 is 0 Å². The molecule has 14 heavy (non-hydrogen) atoms. The highest BCUT2D eigenvalue weighted by atomic mass is 79.9. The number of rotatable bonds is 3. The summed E-state index contributed by atoms with van der Waals surface area (Å²) in [5, 5.41) is 5.19. The number of aromatic nitrogens is 2. The Balaban J connectivity index is 1.99. The van der Waals surface area contributed by atoms with E-state index in [0.717, 1.165) is 11.0 Å². The minimum atomic E-state index is 0.660. The second kappa shape index (κ2) is 4.52. The SMILES string of the molecule is Brc1ccsc1CNc1ncccn1. The summed E-state index contributed by atoms with van der Waals surface area (Å²) >= 11 is 5.17. The van der Waals surface area contributed by atoms with E-state index in [1.165, 1.54) is 4.88 Å². The average Bonchev–Trinajstić information content (AvgIpc) is 2.63. The lowest BCUT2D eigenvalue weighted by molar-refractivity contribution is 1.07. The van der Waals surface area contributed by atoms with Crippen LogP contribution in [0.4, 0.5) is 5.95 Å². The molecule has 0 aliphatic heterocycles. The molecule has 0 fully saturated rings. The Hall–Kier alpha value is -0.940. The number of hydrogen-bond donors (Lipinski definition) is 1. The summed E-state index contributed by atoms with van der Waals surface area (Å²) in [7, 11) is 0. The van der Waals surface area contributed by atoms with Crippen molar-refractivity contribution in [2.24, 2.45) is 0 Å². The molecule has 0 saturated heterocycles. The van der Waals surface area contributed by atoms with Gasteiger partial charge in [-0.1, -0.05) is 0 Å². The van der Waals surface area contributed by atoms with Gasteiger partial charge >= 0.3 is 0 Å². The molecule has 2 aromatic rings. The van der Waals surface area contributed by atoms with Gasteiger partial charge in [-0.3, -0.25) is 0 Å². The fourth-order valence-electron chi connectivity index (χ4n) is 1.00. The lowest BCUT2D eigenvalue weighted by Gasteiger charge is -2.01. The van der Waals surface area contributed by atoms with Crippen molar-refractivity contribution in [2.45, 2.75) is 6.54 Å². The number of nitrogens with zero attached hydrogens (tertiary/aromatic N) is 2. The second-order valence-corrected chi connectivity index (χ2v) is 4.47. The molecule has 0 saturated carbocycles. The summed E-state index contributed by atoms with van der Waals surface area (Å²) in [6.45, 7) is 0.752. The lowest BCUT2D eigenvalue weighted by Crippen LogP contribution is -2.01. The van der Waals surface area contributed by atoms with Crippen LogP contribution < -0.4 is 5.32 Å². The summed E-state index contributed by atoms with van der Waals surface area (Å²) in [5.41, 5.74) is 0. The van der Waals surface area contributed by atoms with Crippen molar-refractivity contribution in [1.29, 1.82) is 0 Å². The van der Waals surface area contributed by atoms with Gasteiger partial charge in [0.05, 0.1) is 6.54 Å².